The van der Waals surface area contributed by atoms with Gasteiger partial charge in [-0.15, -0.1) is 0 Å². The van der Waals surface area contributed by atoms with Crippen LogP contribution in [-0.4, -0.2) is 15.1 Å². The van der Waals surface area contributed by atoms with Gasteiger partial charge in [-0.05, 0) is 52.4 Å². The van der Waals surface area contributed by atoms with Crippen LogP contribution in [0.3, 0.4) is 0 Å². The molecule has 0 saturated carbocycles. The van der Waals surface area contributed by atoms with Gasteiger partial charge in [-0.25, -0.2) is 0 Å². The molecule has 1 aliphatic rings. The Balaban J connectivity index is 1.53. The molecule has 0 bridgehead atoms. The third-order valence-electron chi connectivity index (χ3n) is 4.09. The monoisotopic (exact) mass is 503 g/mol. The van der Waals surface area contributed by atoms with Gasteiger partial charge in [0.1, 0.15) is 15.8 Å². The highest BCUT2D eigenvalue weighted by Gasteiger charge is 2.32. The predicted octanol–water partition coefficient (Wildman–Crippen LogP) is 5.95. The quantitative estimate of drug-likeness (QED) is 0.250. The molecule has 134 valence electrons. The Labute approximate surface area is 180 Å². The number of amides is 1. The van der Waals surface area contributed by atoms with Crippen LogP contribution in [-0.2, 0) is 11.3 Å². The minimum atomic E-state index is -0.0823. The summed E-state index contributed by atoms with van der Waals surface area (Å²) in [5.74, 6) is 1.34. The maximum Gasteiger partial charge on any atom is 0.266 e. The van der Waals surface area contributed by atoms with E-state index in [0.717, 1.165) is 16.9 Å². The second-order valence-electron chi connectivity index (χ2n) is 5.96. The Morgan fingerprint density at radius 2 is 1.78 bits per heavy atom. The molecule has 0 N–H and O–H groups in total. The molecule has 2 heterocycles. The first-order valence-corrected chi connectivity index (χ1v) is 10.6. The van der Waals surface area contributed by atoms with Gasteiger partial charge < -0.3 is 4.42 Å². The molecule has 1 amide bonds. The maximum absolute atomic E-state index is 12.7. The van der Waals surface area contributed by atoms with Crippen LogP contribution in [0.15, 0.2) is 76.1 Å². The molecule has 1 aliphatic heterocycles. The van der Waals surface area contributed by atoms with Crippen molar-refractivity contribution in [1.29, 1.82) is 0 Å². The first kappa shape index (κ1) is 18.5. The van der Waals surface area contributed by atoms with E-state index < -0.39 is 0 Å². The Morgan fingerprint density at radius 3 is 2.52 bits per heavy atom. The van der Waals surface area contributed by atoms with Crippen molar-refractivity contribution in [2.24, 2.45) is 0 Å². The number of halogens is 1. The summed E-state index contributed by atoms with van der Waals surface area (Å²) in [5, 5.41) is 0. The predicted molar refractivity (Wildman–Crippen MR) is 122 cm³/mol. The molecule has 0 spiro atoms. The number of benzene rings is 2. The fourth-order valence-corrected chi connectivity index (χ4v) is 4.33. The van der Waals surface area contributed by atoms with Crippen LogP contribution in [0.2, 0.25) is 0 Å². The van der Waals surface area contributed by atoms with Crippen LogP contribution in [0, 0.1) is 3.57 Å². The number of nitrogens with zero attached hydrogens (tertiary/aromatic N) is 1. The number of hydrogen-bond acceptors (Lipinski definition) is 4. The first-order valence-electron chi connectivity index (χ1n) is 8.25. The van der Waals surface area contributed by atoms with Crippen LogP contribution >= 0.6 is 46.6 Å². The summed E-state index contributed by atoms with van der Waals surface area (Å²) in [4.78, 5) is 15.0. The lowest BCUT2D eigenvalue weighted by Gasteiger charge is -2.14. The Bertz CT molecular complexity index is 1030. The molecule has 6 heteroatoms. The van der Waals surface area contributed by atoms with Crippen LogP contribution in [0.25, 0.3) is 17.4 Å². The number of carbonyl (C=O) groups is 1. The molecular weight excluding hydrogens is 489 g/mol. The minimum absolute atomic E-state index is 0.0823. The van der Waals surface area contributed by atoms with E-state index in [9.17, 15) is 4.79 Å². The average molecular weight is 503 g/mol. The van der Waals surface area contributed by atoms with Crippen molar-refractivity contribution in [2.75, 3.05) is 0 Å². The number of furan rings is 1. The minimum Gasteiger partial charge on any atom is -0.457 e. The lowest BCUT2D eigenvalue weighted by molar-refractivity contribution is -0.122. The largest absolute Gasteiger partial charge is 0.457 e. The van der Waals surface area contributed by atoms with Gasteiger partial charge in [0, 0.05) is 15.2 Å². The maximum atomic E-state index is 12.7. The molecule has 1 aromatic heterocycles. The zero-order valence-corrected chi connectivity index (χ0v) is 17.9. The van der Waals surface area contributed by atoms with Crippen molar-refractivity contribution in [3.05, 3.63) is 86.5 Å². The van der Waals surface area contributed by atoms with Crippen molar-refractivity contribution < 1.29 is 9.21 Å². The van der Waals surface area contributed by atoms with Gasteiger partial charge in [-0.1, -0.05) is 66.4 Å². The summed E-state index contributed by atoms with van der Waals surface area (Å²) in [6, 6.07) is 21.7. The number of thiocarbonyl (C=S) groups is 1. The zero-order valence-electron chi connectivity index (χ0n) is 14.1. The molecule has 3 aromatic rings. The van der Waals surface area contributed by atoms with Gasteiger partial charge in [-0.3, -0.25) is 9.69 Å². The molecule has 3 nitrogen and oxygen atoms in total. The number of hydrogen-bond donors (Lipinski definition) is 0. The van der Waals surface area contributed by atoms with Crippen LogP contribution in [0.1, 0.15) is 11.3 Å². The van der Waals surface area contributed by atoms with Gasteiger partial charge in [0.05, 0.1) is 11.4 Å². The van der Waals surface area contributed by atoms with Crippen LogP contribution in [0.4, 0.5) is 0 Å². The summed E-state index contributed by atoms with van der Waals surface area (Å²) in [6.45, 7) is 0.481. The second kappa shape index (κ2) is 8.00. The third kappa shape index (κ3) is 4.17. The molecule has 27 heavy (non-hydrogen) atoms. The molecule has 4 rings (SSSR count). The van der Waals surface area contributed by atoms with Crippen molar-refractivity contribution >= 4 is 62.9 Å². The van der Waals surface area contributed by atoms with Crippen LogP contribution in [0.5, 0.6) is 0 Å². The van der Waals surface area contributed by atoms with Crippen LogP contribution < -0.4 is 0 Å². The van der Waals surface area contributed by atoms with E-state index in [1.54, 1.807) is 11.0 Å². The highest BCUT2D eigenvalue weighted by atomic mass is 127. The van der Waals surface area contributed by atoms with Crippen molar-refractivity contribution in [3.63, 3.8) is 0 Å². The van der Waals surface area contributed by atoms with E-state index in [1.807, 2.05) is 66.7 Å². The van der Waals surface area contributed by atoms with Crippen molar-refractivity contribution in [2.45, 2.75) is 6.54 Å². The zero-order chi connectivity index (χ0) is 18.8. The van der Waals surface area contributed by atoms with Gasteiger partial charge >= 0.3 is 0 Å². The van der Waals surface area contributed by atoms with Gasteiger partial charge in [0.15, 0.2) is 0 Å². The van der Waals surface area contributed by atoms with E-state index in [0.29, 0.717) is 21.5 Å². The topological polar surface area (TPSA) is 33.5 Å². The van der Waals surface area contributed by atoms with E-state index in [4.69, 9.17) is 16.6 Å². The smallest absolute Gasteiger partial charge is 0.266 e. The standard InChI is InChI=1S/C21H14INO2S2/c22-16-8-6-15(7-9-16)18-11-10-17(25-18)12-19-20(24)23(21(26)27-19)13-14-4-2-1-3-5-14/h1-12H,13H2/b19-12-. The van der Waals surface area contributed by atoms with Gasteiger partial charge in [0.2, 0.25) is 0 Å². The molecule has 0 radical (unpaired) electrons. The van der Waals surface area contributed by atoms with E-state index in [-0.39, 0.29) is 5.91 Å². The summed E-state index contributed by atoms with van der Waals surface area (Å²) in [5.41, 5.74) is 2.06. The first-order chi connectivity index (χ1) is 13.1. The Hall–Kier alpha value is -1.90. The second-order valence-corrected chi connectivity index (χ2v) is 8.88. The lowest BCUT2D eigenvalue weighted by Crippen LogP contribution is -2.27. The molecule has 1 saturated heterocycles. The van der Waals surface area contributed by atoms with E-state index in [1.165, 1.54) is 15.3 Å². The number of thioether (sulfide) groups is 1. The average Bonchev–Trinajstić information content (AvgIpc) is 3.24. The van der Waals surface area contributed by atoms with Crippen molar-refractivity contribution in [1.82, 2.24) is 4.90 Å². The molecule has 2 aromatic carbocycles. The molecule has 0 atom stereocenters. The fraction of sp³-hybridized carbons (Fsp3) is 0.0476. The highest BCUT2D eigenvalue weighted by molar-refractivity contribution is 14.1. The number of carbonyl (C=O) groups excluding carboxylic acids is 1. The normalized spacial score (nSPS) is 15.7. The van der Waals surface area contributed by atoms with Crippen molar-refractivity contribution in [3.8, 4) is 11.3 Å². The Morgan fingerprint density at radius 1 is 1.04 bits per heavy atom. The summed E-state index contributed by atoms with van der Waals surface area (Å²) < 4.78 is 7.64. The third-order valence-corrected chi connectivity index (χ3v) is 6.18. The summed E-state index contributed by atoms with van der Waals surface area (Å²) >= 11 is 8.98. The highest BCUT2D eigenvalue weighted by Crippen LogP contribution is 2.34. The van der Waals surface area contributed by atoms with E-state index in [2.05, 4.69) is 22.6 Å². The molecule has 1 fully saturated rings. The fourth-order valence-electron chi connectivity index (χ4n) is 2.73. The Kier molecular flexibility index (Phi) is 5.47. The summed E-state index contributed by atoms with van der Waals surface area (Å²) in [7, 11) is 0. The number of rotatable bonds is 4. The lowest BCUT2D eigenvalue weighted by atomic mass is 10.2. The SMILES string of the molecule is O=C1/C(=C/c2ccc(-c3ccc(I)cc3)o2)SC(=S)N1Cc1ccccc1. The molecule has 0 aliphatic carbocycles. The van der Waals surface area contributed by atoms with Gasteiger partial charge in [0.25, 0.3) is 5.91 Å². The molecular formula is C21H14INO2S2. The van der Waals surface area contributed by atoms with E-state index >= 15 is 0 Å². The molecule has 0 unspecified atom stereocenters. The summed E-state index contributed by atoms with van der Waals surface area (Å²) in [6.07, 6.45) is 1.76. The van der Waals surface area contributed by atoms with Gasteiger partial charge in [-0.2, -0.15) is 0 Å².